The number of H-pyrrole nitrogens is 1. The van der Waals surface area contributed by atoms with Crippen LogP contribution in [-0.4, -0.2) is 26.6 Å². The third kappa shape index (κ3) is 1.94. The lowest BCUT2D eigenvalue weighted by molar-refractivity contribution is 0.414. The van der Waals surface area contributed by atoms with Crippen LogP contribution in [0.1, 0.15) is 5.82 Å². The van der Waals surface area contributed by atoms with E-state index in [-0.39, 0.29) is 10.8 Å². The first kappa shape index (κ1) is 12.7. The van der Waals surface area contributed by atoms with Gasteiger partial charge in [0.2, 0.25) is 0 Å². The van der Waals surface area contributed by atoms with Gasteiger partial charge in [-0.05, 0) is 19.1 Å². The fraction of sp³-hybridized carbons (Fsp3) is 0.154. The van der Waals surface area contributed by atoms with E-state index < -0.39 is 0 Å². The Bertz CT molecular complexity index is 853. The average molecular weight is 291 g/mol. The molecule has 6 nitrogen and oxygen atoms in total. The molecule has 102 valence electrons. The first-order chi connectivity index (χ1) is 9.60. The Morgan fingerprint density at radius 3 is 2.90 bits per heavy atom. The number of halogens is 1. The molecule has 1 N–H and O–H groups in total. The maximum atomic E-state index is 12.1. The highest BCUT2D eigenvalue weighted by Crippen LogP contribution is 2.23. The Labute approximate surface area is 119 Å². The van der Waals surface area contributed by atoms with Crippen LogP contribution in [0.4, 0.5) is 0 Å². The van der Waals surface area contributed by atoms with Gasteiger partial charge in [0.1, 0.15) is 17.1 Å². The molecule has 0 spiro atoms. The molecule has 0 saturated heterocycles. The summed E-state index contributed by atoms with van der Waals surface area (Å²) in [7, 11) is 1.57. The molecule has 0 unspecified atom stereocenters. The van der Waals surface area contributed by atoms with Crippen molar-refractivity contribution >= 4 is 22.8 Å². The SMILES string of the molecule is COc1cccc(-n2c(=O)[nH]c3nc(C)nc(Cl)c32)c1. The predicted octanol–water partition coefficient (Wildman–Crippen LogP) is 2.08. The maximum Gasteiger partial charge on any atom is 0.332 e. The summed E-state index contributed by atoms with van der Waals surface area (Å²) in [4.78, 5) is 23.1. The number of benzene rings is 1. The Hall–Kier alpha value is -2.34. The first-order valence-electron chi connectivity index (χ1n) is 5.89. The van der Waals surface area contributed by atoms with Crippen molar-refractivity contribution in [2.24, 2.45) is 0 Å². The van der Waals surface area contributed by atoms with E-state index >= 15 is 0 Å². The molecule has 2 heterocycles. The highest BCUT2D eigenvalue weighted by atomic mass is 35.5. The molecule has 3 aromatic rings. The van der Waals surface area contributed by atoms with E-state index in [1.165, 1.54) is 4.57 Å². The summed E-state index contributed by atoms with van der Waals surface area (Å²) in [6.07, 6.45) is 0. The smallest absolute Gasteiger partial charge is 0.332 e. The molecule has 0 aliphatic rings. The number of methoxy groups -OCH3 is 1. The minimum Gasteiger partial charge on any atom is -0.497 e. The number of fused-ring (bicyclic) bond motifs is 1. The van der Waals surface area contributed by atoms with E-state index in [1.807, 2.05) is 0 Å². The summed E-state index contributed by atoms with van der Waals surface area (Å²) in [5, 5.41) is 0.230. The monoisotopic (exact) mass is 290 g/mol. The van der Waals surface area contributed by atoms with Gasteiger partial charge in [0.15, 0.2) is 10.8 Å². The van der Waals surface area contributed by atoms with Crippen LogP contribution < -0.4 is 10.4 Å². The molecule has 20 heavy (non-hydrogen) atoms. The van der Waals surface area contributed by atoms with Crippen LogP contribution in [0, 0.1) is 6.92 Å². The molecule has 0 bridgehead atoms. The standard InChI is InChI=1S/C13H11ClN4O2/c1-7-15-11(14)10-12(16-7)17-13(19)18(10)8-4-3-5-9(6-8)20-2/h3-6H,1-2H3,(H,15,16,17,19). The van der Waals surface area contributed by atoms with E-state index in [4.69, 9.17) is 16.3 Å². The number of aromatic amines is 1. The van der Waals surface area contributed by atoms with Crippen molar-refractivity contribution in [3.63, 3.8) is 0 Å². The van der Waals surface area contributed by atoms with Gasteiger partial charge in [0.05, 0.1) is 12.8 Å². The van der Waals surface area contributed by atoms with Crippen molar-refractivity contribution in [2.75, 3.05) is 7.11 Å². The Morgan fingerprint density at radius 2 is 2.15 bits per heavy atom. The lowest BCUT2D eigenvalue weighted by Crippen LogP contribution is -2.14. The second-order valence-electron chi connectivity index (χ2n) is 4.23. The second kappa shape index (κ2) is 4.64. The molecule has 2 aromatic heterocycles. The van der Waals surface area contributed by atoms with Crippen LogP contribution in [0.5, 0.6) is 5.75 Å². The third-order valence-electron chi connectivity index (χ3n) is 2.92. The summed E-state index contributed by atoms with van der Waals surface area (Å²) in [6.45, 7) is 1.71. The minimum absolute atomic E-state index is 0.230. The van der Waals surface area contributed by atoms with Crippen molar-refractivity contribution in [1.82, 2.24) is 19.5 Å². The largest absolute Gasteiger partial charge is 0.497 e. The molecule has 0 radical (unpaired) electrons. The van der Waals surface area contributed by atoms with Gasteiger partial charge in [-0.15, -0.1) is 0 Å². The van der Waals surface area contributed by atoms with E-state index in [0.29, 0.717) is 28.4 Å². The highest BCUT2D eigenvalue weighted by molar-refractivity contribution is 6.33. The molecule has 7 heteroatoms. The van der Waals surface area contributed by atoms with Crippen LogP contribution in [0.15, 0.2) is 29.1 Å². The highest BCUT2D eigenvalue weighted by Gasteiger charge is 2.15. The van der Waals surface area contributed by atoms with Gasteiger partial charge in [0, 0.05) is 6.07 Å². The van der Waals surface area contributed by atoms with Crippen LogP contribution >= 0.6 is 11.6 Å². The predicted molar refractivity (Wildman–Crippen MR) is 75.8 cm³/mol. The molecular weight excluding hydrogens is 280 g/mol. The molecule has 0 fully saturated rings. The first-order valence-corrected chi connectivity index (χ1v) is 6.27. The van der Waals surface area contributed by atoms with E-state index in [0.717, 1.165) is 0 Å². The zero-order chi connectivity index (χ0) is 14.3. The quantitative estimate of drug-likeness (QED) is 0.733. The number of rotatable bonds is 2. The van der Waals surface area contributed by atoms with Gasteiger partial charge in [0.25, 0.3) is 0 Å². The number of aromatic nitrogens is 4. The van der Waals surface area contributed by atoms with Gasteiger partial charge in [-0.2, -0.15) is 0 Å². The lowest BCUT2D eigenvalue weighted by atomic mass is 10.3. The molecule has 0 atom stereocenters. The fourth-order valence-electron chi connectivity index (χ4n) is 2.07. The molecular formula is C13H11ClN4O2. The summed E-state index contributed by atoms with van der Waals surface area (Å²) >= 11 is 6.14. The number of nitrogens with one attached hydrogen (secondary N) is 1. The van der Waals surface area contributed by atoms with Gasteiger partial charge in [-0.1, -0.05) is 17.7 Å². The van der Waals surface area contributed by atoms with Crippen LogP contribution in [-0.2, 0) is 0 Å². The minimum atomic E-state index is -0.324. The van der Waals surface area contributed by atoms with Crippen LogP contribution in [0.3, 0.4) is 0 Å². The molecule has 0 aliphatic heterocycles. The number of hydrogen-bond donors (Lipinski definition) is 1. The third-order valence-corrected chi connectivity index (χ3v) is 3.18. The zero-order valence-electron chi connectivity index (χ0n) is 10.8. The van der Waals surface area contributed by atoms with E-state index in [1.54, 1.807) is 38.3 Å². The fourth-order valence-corrected chi connectivity index (χ4v) is 2.37. The number of hydrogen-bond acceptors (Lipinski definition) is 4. The number of imidazole rings is 1. The molecule has 3 rings (SSSR count). The summed E-state index contributed by atoms with van der Waals surface area (Å²) < 4.78 is 6.59. The Morgan fingerprint density at radius 1 is 1.35 bits per heavy atom. The maximum absolute atomic E-state index is 12.1. The average Bonchev–Trinajstić information content (AvgIpc) is 2.75. The van der Waals surface area contributed by atoms with Gasteiger partial charge in [-0.25, -0.2) is 14.8 Å². The molecule has 0 amide bonds. The number of ether oxygens (including phenoxy) is 1. The van der Waals surface area contributed by atoms with Crippen LogP contribution in [0.2, 0.25) is 5.15 Å². The summed E-state index contributed by atoms with van der Waals surface area (Å²) in [5.41, 5.74) is 1.18. The van der Waals surface area contributed by atoms with Crippen LogP contribution in [0.25, 0.3) is 16.9 Å². The Balaban J connectivity index is 2.36. The second-order valence-corrected chi connectivity index (χ2v) is 4.58. The van der Waals surface area contributed by atoms with E-state index in [2.05, 4.69) is 15.0 Å². The number of nitrogens with zero attached hydrogens (tertiary/aromatic N) is 3. The molecule has 0 saturated carbocycles. The Kier molecular flexibility index (Phi) is 2.94. The van der Waals surface area contributed by atoms with Gasteiger partial charge >= 0.3 is 5.69 Å². The normalized spacial score (nSPS) is 10.9. The summed E-state index contributed by atoms with van der Waals surface area (Å²) in [5.74, 6) is 1.15. The van der Waals surface area contributed by atoms with Crippen molar-refractivity contribution in [3.05, 3.63) is 45.7 Å². The zero-order valence-corrected chi connectivity index (χ0v) is 11.6. The molecule has 0 aliphatic carbocycles. The van der Waals surface area contributed by atoms with Gasteiger partial charge in [-0.3, -0.25) is 9.55 Å². The summed E-state index contributed by atoms with van der Waals surface area (Å²) in [6, 6.07) is 7.12. The van der Waals surface area contributed by atoms with Crippen molar-refractivity contribution in [3.8, 4) is 11.4 Å². The van der Waals surface area contributed by atoms with Crippen molar-refractivity contribution in [2.45, 2.75) is 6.92 Å². The van der Waals surface area contributed by atoms with Crippen molar-refractivity contribution in [1.29, 1.82) is 0 Å². The topological polar surface area (TPSA) is 72.8 Å². The van der Waals surface area contributed by atoms with E-state index in [9.17, 15) is 4.79 Å². The van der Waals surface area contributed by atoms with Gasteiger partial charge < -0.3 is 4.74 Å². The lowest BCUT2D eigenvalue weighted by Gasteiger charge is -2.06. The van der Waals surface area contributed by atoms with Crippen molar-refractivity contribution < 1.29 is 4.74 Å². The number of aryl methyl sites for hydroxylation is 1. The molecule has 1 aromatic carbocycles.